The van der Waals surface area contributed by atoms with E-state index in [1.807, 2.05) is 19.1 Å². The van der Waals surface area contributed by atoms with Gasteiger partial charge in [-0.3, -0.25) is 14.3 Å². The Bertz CT molecular complexity index is 1120. The van der Waals surface area contributed by atoms with Crippen LogP contribution >= 0.6 is 0 Å². The monoisotopic (exact) mass is 454 g/mol. The Morgan fingerprint density at radius 3 is 2.70 bits per heavy atom. The molecule has 0 radical (unpaired) electrons. The molecule has 10 heteroatoms. The third-order valence-electron chi connectivity index (χ3n) is 5.20. The van der Waals surface area contributed by atoms with Crippen molar-refractivity contribution < 1.29 is 28.2 Å². The summed E-state index contributed by atoms with van der Waals surface area (Å²) in [5.41, 5.74) is 0.671. The van der Waals surface area contributed by atoms with Crippen molar-refractivity contribution in [3.63, 3.8) is 0 Å². The molecule has 1 saturated heterocycles. The van der Waals surface area contributed by atoms with E-state index in [1.165, 1.54) is 6.20 Å². The molecule has 1 aliphatic heterocycles. The van der Waals surface area contributed by atoms with E-state index in [2.05, 4.69) is 10.4 Å². The van der Waals surface area contributed by atoms with E-state index < -0.39 is 5.91 Å². The number of morpholine rings is 1. The van der Waals surface area contributed by atoms with Crippen LogP contribution in [0.5, 0.6) is 11.5 Å². The van der Waals surface area contributed by atoms with Crippen molar-refractivity contribution >= 4 is 17.5 Å². The number of nitrogens with zero attached hydrogens (tertiary/aromatic N) is 3. The predicted octanol–water partition coefficient (Wildman–Crippen LogP) is 2.81. The van der Waals surface area contributed by atoms with Gasteiger partial charge in [0.2, 0.25) is 0 Å². The molecule has 33 heavy (non-hydrogen) atoms. The van der Waals surface area contributed by atoms with Crippen molar-refractivity contribution in [1.29, 1.82) is 0 Å². The van der Waals surface area contributed by atoms with Crippen LogP contribution < -0.4 is 14.8 Å². The Kier molecular flexibility index (Phi) is 6.94. The fourth-order valence-electron chi connectivity index (χ4n) is 3.47. The average molecular weight is 454 g/mol. The number of carbonyl (C=O) groups is 2. The first kappa shape index (κ1) is 22.4. The van der Waals surface area contributed by atoms with Crippen LogP contribution in [0.2, 0.25) is 0 Å². The van der Waals surface area contributed by atoms with Gasteiger partial charge in [-0.15, -0.1) is 0 Å². The van der Waals surface area contributed by atoms with Crippen molar-refractivity contribution in [2.24, 2.45) is 0 Å². The molecule has 1 N–H and O–H groups in total. The second-order valence-electron chi connectivity index (χ2n) is 7.31. The molecule has 1 aliphatic rings. The molecule has 10 nitrogen and oxygen atoms in total. The maximum atomic E-state index is 13.1. The first-order chi connectivity index (χ1) is 16.1. The van der Waals surface area contributed by atoms with Crippen LogP contribution in [-0.2, 0) is 17.9 Å². The summed E-state index contributed by atoms with van der Waals surface area (Å²) in [6.07, 6.45) is 1.48. The van der Waals surface area contributed by atoms with Gasteiger partial charge in [0.1, 0.15) is 29.6 Å². The van der Waals surface area contributed by atoms with Gasteiger partial charge in [-0.05, 0) is 31.2 Å². The number of rotatable bonds is 8. The molecule has 174 valence electrons. The van der Waals surface area contributed by atoms with Crippen molar-refractivity contribution in [2.75, 3.05) is 38.7 Å². The number of hydrogen-bond acceptors (Lipinski definition) is 7. The quantitative estimate of drug-likeness (QED) is 0.558. The molecular formula is C23H26N4O6. The zero-order valence-electron chi connectivity index (χ0n) is 18.6. The van der Waals surface area contributed by atoms with Crippen LogP contribution in [0.25, 0.3) is 0 Å². The average Bonchev–Trinajstić information content (AvgIpc) is 3.50. The van der Waals surface area contributed by atoms with Crippen LogP contribution in [0, 0.1) is 0 Å². The lowest BCUT2D eigenvalue weighted by molar-refractivity contribution is 0.0295. The minimum Gasteiger partial charge on any atom is -0.497 e. The van der Waals surface area contributed by atoms with Crippen LogP contribution in [0.4, 0.5) is 5.69 Å². The summed E-state index contributed by atoms with van der Waals surface area (Å²) in [7, 11) is 1.58. The topological polar surface area (TPSA) is 108 Å². The van der Waals surface area contributed by atoms with Gasteiger partial charge in [0.25, 0.3) is 11.8 Å². The van der Waals surface area contributed by atoms with Gasteiger partial charge in [0.15, 0.2) is 5.76 Å². The molecule has 0 unspecified atom stereocenters. The molecule has 0 aliphatic carbocycles. The van der Waals surface area contributed by atoms with Crippen LogP contribution in [0.3, 0.4) is 0 Å². The Hall–Kier alpha value is -3.79. The Labute approximate surface area is 191 Å². The number of ether oxygens (including phenoxy) is 3. The van der Waals surface area contributed by atoms with Gasteiger partial charge in [-0.2, -0.15) is 5.10 Å². The van der Waals surface area contributed by atoms with Gasteiger partial charge >= 0.3 is 0 Å². The fourth-order valence-corrected chi connectivity index (χ4v) is 3.47. The summed E-state index contributed by atoms with van der Waals surface area (Å²) >= 11 is 0. The van der Waals surface area contributed by atoms with Crippen LogP contribution in [-0.4, -0.2) is 59.9 Å². The maximum absolute atomic E-state index is 13.1. The second kappa shape index (κ2) is 10.2. The van der Waals surface area contributed by atoms with Crippen molar-refractivity contribution in [2.45, 2.75) is 20.1 Å². The number of furan rings is 1. The van der Waals surface area contributed by atoms with Gasteiger partial charge in [0, 0.05) is 25.7 Å². The molecule has 3 aromatic rings. The summed E-state index contributed by atoms with van der Waals surface area (Å²) in [6, 6.07) is 10.4. The molecule has 0 spiro atoms. The molecule has 1 fully saturated rings. The van der Waals surface area contributed by atoms with E-state index in [1.54, 1.807) is 41.0 Å². The maximum Gasteiger partial charge on any atom is 0.291 e. The lowest BCUT2D eigenvalue weighted by Crippen LogP contribution is -2.41. The van der Waals surface area contributed by atoms with E-state index in [-0.39, 0.29) is 18.3 Å². The van der Waals surface area contributed by atoms with Crippen LogP contribution in [0.1, 0.15) is 33.7 Å². The van der Waals surface area contributed by atoms with Gasteiger partial charge in [-0.25, -0.2) is 0 Å². The smallest absolute Gasteiger partial charge is 0.291 e. The molecule has 1 aromatic carbocycles. The highest BCUT2D eigenvalue weighted by molar-refractivity contribution is 6.07. The minimum atomic E-state index is -0.477. The normalized spacial score (nSPS) is 13.6. The highest BCUT2D eigenvalue weighted by Gasteiger charge is 2.26. The Morgan fingerprint density at radius 1 is 1.15 bits per heavy atom. The van der Waals surface area contributed by atoms with Gasteiger partial charge in [-0.1, -0.05) is 6.07 Å². The Morgan fingerprint density at radius 2 is 1.94 bits per heavy atom. The molecule has 0 atom stereocenters. The van der Waals surface area contributed by atoms with E-state index in [4.69, 9.17) is 18.6 Å². The lowest BCUT2D eigenvalue weighted by Gasteiger charge is -2.27. The van der Waals surface area contributed by atoms with E-state index in [9.17, 15) is 9.59 Å². The number of methoxy groups -OCH3 is 1. The number of nitrogens with one attached hydrogen (secondary N) is 1. The molecule has 0 saturated carbocycles. The molecule has 2 aromatic heterocycles. The standard InChI is InChI=1S/C23H26N4O6/c1-3-27-21(23(29)26-9-11-31-12-10-26)19(14-24-27)25-22(28)20-8-7-18(33-20)15-32-17-6-4-5-16(13-17)30-2/h4-8,13-14H,3,9-12,15H2,1-2H3,(H,25,28). The summed E-state index contributed by atoms with van der Waals surface area (Å²) < 4.78 is 23.4. The van der Waals surface area contributed by atoms with Crippen LogP contribution in [0.15, 0.2) is 47.0 Å². The zero-order valence-corrected chi connectivity index (χ0v) is 18.6. The third-order valence-corrected chi connectivity index (χ3v) is 5.20. The van der Waals surface area contributed by atoms with Crippen molar-refractivity contribution in [3.05, 3.63) is 59.8 Å². The summed E-state index contributed by atoms with van der Waals surface area (Å²) in [6.45, 7) is 4.49. The molecule has 0 bridgehead atoms. The number of amides is 2. The largest absolute Gasteiger partial charge is 0.497 e. The van der Waals surface area contributed by atoms with Crippen molar-refractivity contribution in [3.8, 4) is 11.5 Å². The first-order valence-corrected chi connectivity index (χ1v) is 10.7. The second-order valence-corrected chi connectivity index (χ2v) is 7.31. The highest BCUT2D eigenvalue weighted by atomic mass is 16.5. The van der Waals surface area contributed by atoms with Gasteiger partial charge in [0.05, 0.1) is 32.2 Å². The summed E-state index contributed by atoms with van der Waals surface area (Å²) in [5.74, 6) is 1.22. The SMILES string of the molecule is CCn1ncc(NC(=O)c2ccc(COc3cccc(OC)c3)o2)c1C(=O)N1CCOCC1. The first-order valence-electron chi connectivity index (χ1n) is 10.7. The molecule has 3 heterocycles. The predicted molar refractivity (Wildman–Crippen MR) is 119 cm³/mol. The number of benzene rings is 1. The summed E-state index contributed by atoms with van der Waals surface area (Å²) in [5, 5.41) is 6.99. The zero-order chi connectivity index (χ0) is 23.2. The lowest BCUT2D eigenvalue weighted by atomic mass is 10.2. The minimum absolute atomic E-state index is 0.105. The number of anilines is 1. The fraction of sp³-hybridized carbons (Fsp3) is 0.348. The van der Waals surface area contributed by atoms with Gasteiger partial charge < -0.3 is 28.8 Å². The van der Waals surface area contributed by atoms with E-state index in [0.717, 1.165) is 0 Å². The number of carbonyl (C=O) groups excluding carboxylic acids is 2. The molecule has 4 rings (SSSR count). The third kappa shape index (κ3) is 5.17. The number of aryl methyl sites for hydroxylation is 1. The number of hydrogen-bond donors (Lipinski definition) is 1. The Balaban J connectivity index is 1.43. The number of aromatic nitrogens is 2. The molecule has 2 amide bonds. The molecular weight excluding hydrogens is 428 g/mol. The van der Waals surface area contributed by atoms with E-state index in [0.29, 0.717) is 61.5 Å². The van der Waals surface area contributed by atoms with E-state index >= 15 is 0 Å². The van der Waals surface area contributed by atoms with Crippen molar-refractivity contribution in [1.82, 2.24) is 14.7 Å². The summed E-state index contributed by atoms with van der Waals surface area (Å²) in [4.78, 5) is 27.5. The highest BCUT2D eigenvalue weighted by Crippen LogP contribution is 2.22.